The highest BCUT2D eigenvalue weighted by molar-refractivity contribution is 5.73. The fourth-order valence-electron chi connectivity index (χ4n) is 0.981. The van der Waals surface area contributed by atoms with Crippen LogP contribution in [0.2, 0.25) is 0 Å². The van der Waals surface area contributed by atoms with Crippen molar-refractivity contribution in [2.24, 2.45) is 0 Å². The van der Waals surface area contributed by atoms with Crippen molar-refractivity contribution in [3.8, 4) is 0 Å². The van der Waals surface area contributed by atoms with Gasteiger partial charge in [-0.15, -0.1) is 0 Å². The lowest BCUT2D eigenvalue weighted by Crippen LogP contribution is -2.26. The maximum Gasteiger partial charge on any atom is 0.219 e. The molecule has 4 heteroatoms. The van der Waals surface area contributed by atoms with Crippen LogP contribution in [0.25, 0.3) is 0 Å². The fourth-order valence-corrected chi connectivity index (χ4v) is 0.981. The molecule has 58 valence electrons. The van der Waals surface area contributed by atoms with Crippen LogP contribution in [0.15, 0.2) is 0 Å². The number of likely N-dealkylation sites (tertiary alicyclic amines) is 1. The van der Waals surface area contributed by atoms with Crippen molar-refractivity contribution in [1.29, 1.82) is 0 Å². The van der Waals surface area contributed by atoms with Crippen LogP contribution >= 0.6 is 0 Å². The molecule has 2 nitrogen and oxygen atoms in total. The van der Waals surface area contributed by atoms with Gasteiger partial charge in [0, 0.05) is 6.92 Å². The molecule has 2 atom stereocenters. The number of carbonyl (C=O) groups is 1. The third-order valence-electron chi connectivity index (χ3n) is 1.63. The molecule has 10 heavy (non-hydrogen) atoms. The molecule has 0 saturated carbocycles. The Morgan fingerprint density at radius 3 is 2.00 bits per heavy atom. The smallest absolute Gasteiger partial charge is 0.219 e. The minimum Gasteiger partial charge on any atom is -0.337 e. The summed E-state index contributed by atoms with van der Waals surface area (Å²) in [6.45, 7) is 1.14. The summed E-state index contributed by atoms with van der Waals surface area (Å²) < 4.78 is 24.7. The van der Waals surface area contributed by atoms with Crippen LogP contribution in [0, 0.1) is 0 Å². The SMILES string of the molecule is CC(=O)N1C[C@@H](F)[C@@H](F)C1. The summed E-state index contributed by atoms with van der Waals surface area (Å²) in [6, 6.07) is 0. The van der Waals surface area contributed by atoms with E-state index < -0.39 is 12.3 Å². The highest BCUT2D eigenvalue weighted by atomic mass is 19.2. The third-order valence-corrected chi connectivity index (χ3v) is 1.63. The number of carbonyl (C=O) groups excluding carboxylic acids is 1. The number of alkyl halides is 2. The van der Waals surface area contributed by atoms with Crippen molar-refractivity contribution in [1.82, 2.24) is 4.90 Å². The molecule has 1 aliphatic heterocycles. The third kappa shape index (κ3) is 1.25. The predicted octanol–water partition coefficient (Wildman–Crippen LogP) is 0.525. The molecule has 1 amide bonds. The lowest BCUT2D eigenvalue weighted by atomic mass is 10.3. The van der Waals surface area contributed by atoms with E-state index in [4.69, 9.17) is 0 Å². The van der Waals surface area contributed by atoms with Gasteiger partial charge in [0.1, 0.15) is 0 Å². The van der Waals surface area contributed by atoms with Gasteiger partial charge in [0.15, 0.2) is 12.3 Å². The van der Waals surface area contributed by atoms with Crippen LogP contribution in [-0.4, -0.2) is 36.2 Å². The molecular formula is C6H9F2NO. The second kappa shape index (κ2) is 2.52. The van der Waals surface area contributed by atoms with Crippen molar-refractivity contribution in [2.45, 2.75) is 19.3 Å². The van der Waals surface area contributed by atoms with Gasteiger partial charge in [-0.25, -0.2) is 8.78 Å². The molecule has 0 unspecified atom stereocenters. The van der Waals surface area contributed by atoms with Crippen molar-refractivity contribution < 1.29 is 13.6 Å². The summed E-state index contributed by atoms with van der Waals surface area (Å²) in [6.07, 6.45) is -2.97. The maximum atomic E-state index is 12.4. The van der Waals surface area contributed by atoms with Crippen LogP contribution in [-0.2, 0) is 4.79 Å². The topological polar surface area (TPSA) is 20.3 Å². The van der Waals surface area contributed by atoms with Crippen molar-refractivity contribution in [2.75, 3.05) is 13.1 Å². The summed E-state index contributed by atoms with van der Waals surface area (Å²) >= 11 is 0. The molecule has 0 spiro atoms. The Kier molecular flexibility index (Phi) is 1.87. The number of hydrogen-bond donors (Lipinski definition) is 0. The average Bonchev–Trinajstić information content (AvgIpc) is 2.13. The minimum atomic E-state index is -1.48. The van der Waals surface area contributed by atoms with Gasteiger partial charge in [0.25, 0.3) is 0 Å². The van der Waals surface area contributed by atoms with E-state index in [9.17, 15) is 13.6 Å². The first kappa shape index (κ1) is 7.44. The maximum absolute atomic E-state index is 12.4. The molecule has 0 N–H and O–H groups in total. The van der Waals surface area contributed by atoms with E-state index in [1.807, 2.05) is 0 Å². The van der Waals surface area contributed by atoms with E-state index in [0.717, 1.165) is 0 Å². The van der Waals surface area contributed by atoms with E-state index in [1.54, 1.807) is 0 Å². The molecule has 0 bridgehead atoms. The normalized spacial score (nSPS) is 32.9. The molecule has 1 heterocycles. The van der Waals surface area contributed by atoms with Crippen molar-refractivity contribution >= 4 is 5.91 Å². The van der Waals surface area contributed by atoms with E-state index in [-0.39, 0.29) is 19.0 Å². The van der Waals surface area contributed by atoms with Gasteiger partial charge in [0.2, 0.25) is 5.91 Å². The zero-order valence-electron chi connectivity index (χ0n) is 5.68. The van der Waals surface area contributed by atoms with Gasteiger partial charge in [-0.2, -0.15) is 0 Å². The molecular weight excluding hydrogens is 140 g/mol. The Bertz CT molecular complexity index is 141. The summed E-state index contributed by atoms with van der Waals surface area (Å²) in [4.78, 5) is 11.7. The van der Waals surface area contributed by atoms with Gasteiger partial charge in [-0.05, 0) is 0 Å². The largest absolute Gasteiger partial charge is 0.337 e. The summed E-state index contributed by atoms with van der Waals surface area (Å²) in [5.74, 6) is -0.261. The first-order chi connectivity index (χ1) is 4.61. The lowest BCUT2D eigenvalue weighted by molar-refractivity contribution is -0.128. The van der Waals surface area contributed by atoms with Gasteiger partial charge >= 0.3 is 0 Å². The minimum absolute atomic E-state index is 0.0868. The monoisotopic (exact) mass is 149 g/mol. The number of rotatable bonds is 0. The standard InChI is InChI=1S/C6H9F2NO/c1-4(10)9-2-5(7)6(8)3-9/h5-6H,2-3H2,1H3/t5-,6+. The van der Waals surface area contributed by atoms with Crippen molar-refractivity contribution in [3.05, 3.63) is 0 Å². The van der Waals surface area contributed by atoms with Crippen LogP contribution in [0.3, 0.4) is 0 Å². The molecule has 0 aliphatic carbocycles. The Labute approximate surface area is 57.8 Å². The number of nitrogens with zero attached hydrogens (tertiary/aromatic N) is 1. The van der Waals surface area contributed by atoms with E-state index in [2.05, 4.69) is 0 Å². The first-order valence-corrected chi connectivity index (χ1v) is 3.15. The molecule has 1 aliphatic rings. The van der Waals surface area contributed by atoms with Crippen LogP contribution < -0.4 is 0 Å². The van der Waals surface area contributed by atoms with Gasteiger partial charge in [0.05, 0.1) is 13.1 Å². The van der Waals surface area contributed by atoms with Gasteiger partial charge in [-0.1, -0.05) is 0 Å². The highest BCUT2D eigenvalue weighted by Gasteiger charge is 2.33. The van der Waals surface area contributed by atoms with Crippen molar-refractivity contribution in [3.63, 3.8) is 0 Å². The summed E-state index contributed by atoms with van der Waals surface area (Å²) in [5.41, 5.74) is 0. The number of halogens is 2. The molecule has 1 rings (SSSR count). The molecule has 0 aromatic carbocycles. The second-order valence-corrected chi connectivity index (χ2v) is 2.46. The Hall–Kier alpha value is -0.670. The summed E-state index contributed by atoms with van der Waals surface area (Å²) in [7, 11) is 0. The zero-order chi connectivity index (χ0) is 7.72. The van der Waals surface area contributed by atoms with Crippen LogP contribution in [0.5, 0.6) is 0 Å². The number of hydrogen-bond acceptors (Lipinski definition) is 1. The Morgan fingerprint density at radius 2 is 1.80 bits per heavy atom. The quantitative estimate of drug-likeness (QED) is 0.491. The molecule has 0 aromatic rings. The van der Waals surface area contributed by atoms with E-state index in [0.29, 0.717) is 0 Å². The second-order valence-electron chi connectivity index (χ2n) is 2.46. The highest BCUT2D eigenvalue weighted by Crippen LogP contribution is 2.15. The Balaban J connectivity index is 2.49. The molecule has 1 fully saturated rings. The van der Waals surface area contributed by atoms with Crippen LogP contribution in [0.4, 0.5) is 8.78 Å². The Morgan fingerprint density at radius 1 is 1.40 bits per heavy atom. The lowest BCUT2D eigenvalue weighted by Gasteiger charge is -2.10. The van der Waals surface area contributed by atoms with E-state index in [1.165, 1.54) is 11.8 Å². The molecule has 0 radical (unpaired) electrons. The zero-order valence-corrected chi connectivity index (χ0v) is 5.68. The van der Waals surface area contributed by atoms with Gasteiger partial charge < -0.3 is 4.90 Å². The first-order valence-electron chi connectivity index (χ1n) is 3.15. The molecule has 0 aromatic heterocycles. The fraction of sp³-hybridized carbons (Fsp3) is 0.833. The van der Waals surface area contributed by atoms with Gasteiger partial charge in [-0.3, -0.25) is 4.79 Å². The predicted molar refractivity (Wildman–Crippen MR) is 32.0 cm³/mol. The average molecular weight is 149 g/mol. The summed E-state index contributed by atoms with van der Waals surface area (Å²) in [5, 5.41) is 0. The number of amides is 1. The molecule has 1 saturated heterocycles. The van der Waals surface area contributed by atoms with Crippen LogP contribution in [0.1, 0.15) is 6.92 Å². The van der Waals surface area contributed by atoms with E-state index >= 15 is 0 Å².